The van der Waals surface area contributed by atoms with Gasteiger partial charge in [-0.1, -0.05) is 25.9 Å². The highest BCUT2D eigenvalue weighted by Gasteiger charge is 2.20. The van der Waals surface area contributed by atoms with Gasteiger partial charge in [-0.3, -0.25) is 4.79 Å². The van der Waals surface area contributed by atoms with E-state index in [1.807, 2.05) is 25.1 Å². The molecule has 0 spiro atoms. The molecule has 4 aromatic rings. The Bertz CT molecular complexity index is 1180. The number of amides is 1. The van der Waals surface area contributed by atoms with Crippen molar-refractivity contribution in [3.8, 4) is 0 Å². The number of aromatic nitrogens is 4. The van der Waals surface area contributed by atoms with Crippen LogP contribution < -0.4 is 5.32 Å². The molecule has 0 saturated carbocycles. The van der Waals surface area contributed by atoms with Crippen LogP contribution >= 0.6 is 0 Å². The van der Waals surface area contributed by atoms with E-state index in [0.29, 0.717) is 33.7 Å². The molecule has 0 atom stereocenters. The first-order chi connectivity index (χ1) is 12.7. The van der Waals surface area contributed by atoms with E-state index in [9.17, 15) is 4.79 Å². The molecule has 0 aliphatic heterocycles. The van der Waals surface area contributed by atoms with Crippen molar-refractivity contribution < 1.29 is 9.32 Å². The third-order valence-electron chi connectivity index (χ3n) is 4.44. The molecule has 3 aromatic heterocycles. The molecule has 0 aliphatic rings. The molecule has 0 bridgehead atoms. The van der Waals surface area contributed by atoms with Gasteiger partial charge in [0.05, 0.1) is 27.7 Å². The first kappa shape index (κ1) is 17.2. The van der Waals surface area contributed by atoms with Gasteiger partial charge in [0.1, 0.15) is 5.82 Å². The summed E-state index contributed by atoms with van der Waals surface area (Å²) in [6.07, 6.45) is 0. The predicted molar refractivity (Wildman–Crippen MR) is 104 cm³/mol. The van der Waals surface area contributed by atoms with Gasteiger partial charge in [0.25, 0.3) is 11.6 Å². The molecule has 1 aromatic carbocycles. The monoisotopic (exact) mass is 363 g/mol. The fourth-order valence-corrected chi connectivity index (χ4v) is 3.04. The summed E-state index contributed by atoms with van der Waals surface area (Å²) in [6.45, 7) is 9.92. The van der Waals surface area contributed by atoms with Gasteiger partial charge in [-0.05, 0) is 38.1 Å². The van der Waals surface area contributed by atoms with Crippen molar-refractivity contribution in [1.82, 2.24) is 20.1 Å². The second-order valence-electron chi connectivity index (χ2n) is 7.78. The van der Waals surface area contributed by atoms with Crippen molar-refractivity contribution in [1.29, 1.82) is 0 Å². The van der Waals surface area contributed by atoms with Crippen molar-refractivity contribution in [2.24, 2.45) is 0 Å². The number of imidazole rings is 1. The van der Waals surface area contributed by atoms with Gasteiger partial charge in [-0.25, -0.2) is 9.97 Å². The first-order valence-corrected chi connectivity index (χ1v) is 8.77. The Balaban J connectivity index is 1.70. The Morgan fingerprint density at radius 1 is 1.15 bits per heavy atom. The highest BCUT2D eigenvalue weighted by molar-refractivity contribution is 6.12. The maximum Gasteiger partial charge on any atom is 0.258 e. The zero-order valence-electron chi connectivity index (χ0n) is 16.0. The van der Waals surface area contributed by atoms with Crippen LogP contribution in [0, 0.1) is 13.8 Å². The number of aryl methyl sites for hydroxylation is 2. The lowest BCUT2D eigenvalue weighted by Gasteiger charge is -2.13. The van der Waals surface area contributed by atoms with E-state index in [4.69, 9.17) is 4.52 Å². The number of hydrogen-bond acceptors (Lipinski definition) is 5. The van der Waals surface area contributed by atoms with Gasteiger partial charge in [-0.2, -0.15) is 0 Å². The van der Waals surface area contributed by atoms with Crippen molar-refractivity contribution in [2.45, 2.75) is 40.0 Å². The number of hydrogen-bond donors (Lipinski definition) is 2. The Hall–Kier alpha value is -3.22. The number of nitrogens with zero attached hydrogens (tertiary/aromatic N) is 3. The number of carbonyl (C=O) groups is 1. The van der Waals surface area contributed by atoms with E-state index in [2.05, 4.69) is 46.2 Å². The zero-order chi connectivity index (χ0) is 19.3. The number of rotatable bonds is 2. The highest BCUT2D eigenvalue weighted by atomic mass is 16.5. The van der Waals surface area contributed by atoms with Crippen molar-refractivity contribution in [3.05, 3.63) is 47.0 Å². The Morgan fingerprint density at radius 2 is 1.93 bits per heavy atom. The summed E-state index contributed by atoms with van der Waals surface area (Å²) >= 11 is 0. The van der Waals surface area contributed by atoms with E-state index < -0.39 is 0 Å². The average molecular weight is 363 g/mol. The first-order valence-electron chi connectivity index (χ1n) is 8.77. The number of aromatic amines is 1. The number of carbonyl (C=O) groups excluding carboxylic acids is 1. The molecule has 4 rings (SSSR count). The second kappa shape index (κ2) is 5.90. The molecule has 1 amide bonds. The molecule has 0 fully saturated rings. The molecule has 0 aliphatic carbocycles. The summed E-state index contributed by atoms with van der Waals surface area (Å²) in [7, 11) is 0. The molecule has 0 unspecified atom stereocenters. The SMILES string of the molecule is Cc1cc(C(=O)Nc2ccc3nc(C(C)(C)C)[nH]c3c2)c2c(C)noc2n1. The molecule has 7 heteroatoms. The largest absolute Gasteiger partial charge is 0.341 e. The number of fused-ring (bicyclic) bond motifs is 2. The molecule has 3 heterocycles. The van der Waals surface area contributed by atoms with Crippen LogP contribution in [-0.2, 0) is 5.41 Å². The summed E-state index contributed by atoms with van der Waals surface area (Å²) in [5.74, 6) is 0.680. The summed E-state index contributed by atoms with van der Waals surface area (Å²) < 4.78 is 5.21. The quantitative estimate of drug-likeness (QED) is 0.554. The molecule has 0 saturated heterocycles. The van der Waals surface area contributed by atoms with Crippen LogP contribution in [0.5, 0.6) is 0 Å². The third kappa shape index (κ3) is 3.05. The van der Waals surface area contributed by atoms with Crippen molar-refractivity contribution >= 4 is 33.7 Å². The lowest BCUT2D eigenvalue weighted by Crippen LogP contribution is -2.13. The Morgan fingerprint density at radius 3 is 2.67 bits per heavy atom. The number of pyridine rings is 1. The smallest absolute Gasteiger partial charge is 0.258 e. The van der Waals surface area contributed by atoms with Crippen LogP contribution in [0.4, 0.5) is 5.69 Å². The number of nitrogens with one attached hydrogen (secondary N) is 2. The molecular weight excluding hydrogens is 342 g/mol. The summed E-state index contributed by atoms with van der Waals surface area (Å²) in [5, 5.41) is 7.51. The molecule has 138 valence electrons. The molecular formula is C20H21N5O2. The van der Waals surface area contributed by atoms with Gasteiger partial charge in [-0.15, -0.1) is 0 Å². The molecule has 0 radical (unpaired) electrons. The molecule has 27 heavy (non-hydrogen) atoms. The molecule has 7 nitrogen and oxygen atoms in total. The maximum absolute atomic E-state index is 12.9. The van der Waals surface area contributed by atoms with E-state index in [1.54, 1.807) is 13.0 Å². The Kier molecular flexibility index (Phi) is 3.76. The highest BCUT2D eigenvalue weighted by Crippen LogP contribution is 2.26. The second-order valence-corrected chi connectivity index (χ2v) is 7.78. The molecule has 2 N–H and O–H groups in total. The predicted octanol–water partition coefficient (Wildman–Crippen LogP) is 4.27. The van der Waals surface area contributed by atoms with Crippen LogP contribution in [0.15, 0.2) is 28.8 Å². The van der Waals surface area contributed by atoms with Gasteiger partial charge >= 0.3 is 0 Å². The van der Waals surface area contributed by atoms with Crippen molar-refractivity contribution in [3.63, 3.8) is 0 Å². The zero-order valence-corrected chi connectivity index (χ0v) is 16.0. The number of H-pyrrole nitrogens is 1. The lowest BCUT2D eigenvalue weighted by atomic mass is 9.96. The summed E-state index contributed by atoms with van der Waals surface area (Å²) in [5.41, 5.74) is 4.57. The van der Waals surface area contributed by atoms with Gasteiger partial charge in [0, 0.05) is 16.8 Å². The van der Waals surface area contributed by atoms with E-state index in [-0.39, 0.29) is 11.3 Å². The topological polar surface area (TPSA) is 96.7 Å². The van der Waals surface area contributed by atoms with E-state index in [0.717, 1.165) is 16.9 Å². The van der Waals surface area contributed by atoms with Gasteiger partial charge < -0.3 is 14.8 Å². The number of anilines is 1. The minimum atomic E-state index is -0.230. The van der Waals surface area contributed by atoms with Crippen LogP contribution in [0.1, 0.15) is 48.3 Å². The van der Waals surface area contributed by atoms with Crippen LogP contribution in [0.3, 0.4) is 0 Å². The fourth-order valence-electron chi connectivity index (χ4n) is 3.04. The standard InChI is InChI=1S/C20H21N5O2/c1-10-8-13(16-11(2)25-27-18(16)21-10)17(26)22-12-6-7-14-15(9-12)24-19(23-14)20(3,4)5/h6-9H,1-5H3,(H,22,26)(H,23,24). The maximum atomic E-state index is 12.9. The van der Waals surface area contributed by atoms with Crippen LogP contribution in [0.2, 0.25) is 0 Å². The lowest BCUT2D eigenvalue weighted by molar-refractivity contribution is 0.102. The average Bonchev–Trinajstić information content (AvgIpc) is 3.17. The fraction of sp³-hybridized carbons (Fsp3) is 0.300. The van der Waals surface area contributed by atoms with Crippen molar-refractivity contribution in [2.75, 3.05) is 5.32 Å². The third-order valence-corrected chi connectivity index (χ3v) is 4.44. The van der Waals surface area contributed by atoms with E-state index in [1.165, 1.54) is 0 Å². The minimum absolute atomic E-state index is 0.0750. The summed E-state index contributed by atoms with van der Waals surface area (Å²) in [6, 6.07) is 7.38. The minimum Gasteiger partial charge on any atom is -0.341 e. The van der Waals surface area contributed by atoms with E-state index >= 15 is 0 Å². The Labute approximate surface area is 156 Å². The van der Waals surface area contributed by atoms with Crippen LogP contribution in [0.25, 0.3) is 22.1 Å². The normalized spacial score (nSPS) is 12.0. The number of benzene rings is 1. The van der Waals surface area contributed by atoms with Gasteiger partial charge in [0.15, 0.2) is 0 Å². The summed E-state index contributed by atoms with van der Waals surface area (Å²) in [4.78, 5) is 25.1. The van der Waals surface area contributed by atoms with Gasteiger partial charge in [0.2, 0.25) is 0 Å². The van der Waals surface area contributed by atoms with Crippen LogP contribution in [-0.4, -0.2) is 26.0 Å².